The van der Waals surface area contributed by atoms with Gasteiger partial charge in [0.25, 0.3) is 0 Å². The molecule has 3 fully saturated rings. The van der Waals surface area contributed by atoms with Gasteiger partial charge in [0.1, 0.15) is 5.60 Å². The molecule has 3 N–H and O–H groups in total. The molecule has 4 rings (SSSR count). The number of hydrogen-bond acceptors (Lipinski definition) is 4. The van der Waals surface area contributed by atoms with Crippen molar-refractivity contribution in [3.8, 4) is 0 Å². The molecule has 120 valence electrons. The number of nitrogens with zero attached hydrogens (tertiary/aromatic N) is 1. The van der Waals surface area contributed by atoms with E-state index in [0.29, 0.717) is 5.92 Å². The fraction of sp³-hybridized carbons (Fsp3) is 0.467. The minimum absolute atomic E-state index is 0.415. The monoisotopic (exact) mass is 327 g/mol. The average Bonchev–Trinajstić information content (AvgIpc) is 2.49. The quantitative estimate of drug-likeness (QED) is 0.675. The van der Waals surface area contributed by atoms with Crippen molar-refractivity contribution in [2.24, 2.45) is 5.92 Å². The normalized spacial score (nSPS) is 29.4. The number of carboxylic acid groups (broad SMARTS) is 2. The van der Waals surface area contributed by atoms with Crippen LogP contribution in [0.1, 0.15) is 18.4 Å². The highest BCUT2D eigenvalue weighted by molar-refractivity contribution is 6.30. The molecule has 1 aromatic carbocycles. The summed E-state index contributed by atoms with van der Waals surface area (Å²) >= 11 is 5.88. The molecule has 0 spiro atoms. The van der Waals surface area contributed by atoms with Gasteiger partial charge in [-0.15, -0.1) is 0 Å². The number of fused-ring (bicyclic) bond motifs is 3. The molecule has 3 aliphatic rings. The van der Waals surface area contributed by atoms with Crippen molar-refractivity contribution >= 4 is 23.5 Å². The third-order valence-corrected chi connectivity index (χ3v) is 4.51. The smallest absolute Gasteiger partial charge is 0.414 e. The van der Waals surface area contributed by atoms with Gasteiger partial charge in [0.2, 0.25) is 0 Å². The first-order valence-corrected chi connectivity index (χ1v) is 7.37. The van der Waals surface area contributed by atoms with E-state index in [0.717, 1.165) is 43.1 Å². The van der Waals surface area contributed by atoms with E-state index in [1.54, 1.807) is 0 Å². The average molecular weight is 328 g/mol. The van der Waals surface area contributed by atoms with Gasteiger partial charge in [-0.25, -0.2) is 9.59 Å². The summed E-state index contributed by atoms with van der Waals surface area (Å²) < 4.78 is 0. The van der Waals surface area contributed by atoms with E-state index in [9.17, 15) is 5.11 Å². The molecule has 1 unspecified atom stereocenters. The Kier molecular flexibility index (Phi) is 5.05. The SMILES string of the molecule is O=C(O)C(=O)O.OC1(c2ccc(Cl)cc2)CN2CCC1CC2. The molecule has 22 heavy (non-hydrogen) atoms. The van der Waals surface area contributed by atoms with Crippen molar-refractivity contribution in [2.75, 3.05) is 19.6 Å². The predicted molar refractivity (Wildman–Crippen MR) is 79.8 cm³/mol. The molecular weight excluding hydrogens is 310 g/mol. The van der Waals surface area contributed by atoms with E-state index in [4.69, 9.17) is 31.4 Å². The minimum atomic E-state index is -1.82. The third-order valence-electron chi connectivity index (χ3n) is 4.25. The molecule has 3 heterocycles. The fourth-order valence-corrected chi connectivity index (χ4v) is 3.23. The summed E-state index contributed by atoms with van der Waals surface area (Å²) in [6.45, 7) is 3.06. The van der Waals surface area contributed by atoms with Gasteiger partial charge in [-0.2, -0.15) is 0 Å². The van der Waals surface area contributed by atoms with Crippen LogP contribution in [-0.4, -0.2) is 51.8 Å². The second-order valence-electron chi connectivity index (χ2n) is 5.59. The molecule has 1 aromatic rings. The van der Waals surface area contributed by atoms with Crippen molar-refractivity contribution in [1.29, 1.82) is 0 Å². The molecule has 1 atom stereocenters. The van der Waals surface area contributed by atoms with E-state index >= 15 is 0 Å². The number of rotatable bonds is 1. The first-order chi connectivity index (χ1) is 10.3. The second kappa shape index (κ2) is 6.64. The van der Waals surface area contributed by atoms with Crippen LogP contribution in [-0.2, 0) is 15.2 Å². The van der Waals surface area contributed by atoms with Gasteiger partial charge in [0, 0.05) is 11.6 Å². The molecule has 3 saturated heterocycles. The van der Waals surface area contributed by atoms with E-state index in [1.165, 1.54) is 0 Å². The maximum Gasteiger partial charge on any atom is 0.414 e. The summed E-state index contributed by atoms with van der Waals surface area (Å²) in [5, 5.41) is 26.4. The molecule has 3 aliphatic heterocycles. The van der Waals surface area contributed by atoms with Crippen LogP contribution in [0.25, 0.3) is 0 Å². The van der Waals surface area contributed by atoms with Gasteiger partial charge in [-0.1, -0.05) is 23.7 Å². The Bertz CT molecular complexity index is 542. The number of carboxylic acids is 2. The van der Waals surface area contributed by atoms with Gasteiger partial charge in [0.15, 0.2) is 0 Å². The molecule has 6 nitrogen and oxygen atoms in total. The van der Waals surface area contributed by atoms with Crippen LogP contribution < -0.4 is 0 Å². The van der Waals surface area contributed by atoms with Crippen LogP contribution in [0.2, 0.25) is 5.02 Å². The zero-order valence-corrected chi connectivity index (χ0v) is 12.7. The first-order valence-electron chi connectivity index (χ1n) is 7.00. The number of hydrogen-bond donors (Lipinski definition) is 3. The van der Waals surface area contributed by atoms with Crippen molar-refractivity contribution in [3.05, 3.63) is 34.9 Å². The molecule has 0 radical (unpaired) electrons. The van der Waals surface area contributed by atoms with Gasteiger partial charge >= 0.3 is 11.9 Å². The number of benzene rings is 1. The van der Waals surface area contributed by atoms with Gasteiger partial charge in [0.05, 0.1) is 0 Å². The summed E-state index contributed by atoms with van der Waals surface area (Å²) in [4.78, 5) is 20.6. The van der Waals surface area contributed by atoms with Gasteiger partial charge in [-0.05, 0) is 49.5 Å². The molecule has 7 heteroatoms. The molecular formula is C15H18ClNO5. The lowest BCUT2D eigenvalue weighted by atomic mass is 9.72. The molecule has 0 saturated carbocycles. The summed E-state index contributed by atoms with van der Waals surface area (Å²) in [6.07, 6.45) is 2.22. The van der Waals surface area contributed by atoms with Crippen molar-refractivity contribution in [1.82, 2.24) is 4.90 Å². The number of aliphatic carboxylic acids is 2. The largest absolute Gasteiger partial charge is 0.473 e. The zero-order chi connectivity index (χ0) is 16.3. The highest BCUT2D eigenvalue weighted by atomic mass is 35.5. The van der Waals surface area contributed by atoms with Gasteiger partial charge in [-0.3, -0.25) is 0 Å². The van der Waals surface area contributed by atoms with Crippen LogP contribution in [0.5, 0.6) is 0 Å². The Morgan fingerprint density at radius 3 is 1.95 bits per heavy atom. The molecule has 0 amide bonds. The lowest BCUT2D eigenvalue weighted by Crippen LogP contribution is -2.57. The van der Waals surface area contributed by atoms with Crippen LogP contribution in [0.15, 0.2) is 24.3 Å². The third kappa shape index (κ3) is 3.58. The number of carbonyl (C=O) groups is 2. The maximum atomic E-state index is 10.8. The summed E-state index contributed by atoms with van der Waals surface area (Å²) in [6, 6.07) is 7.66. The van der Waals surface area contributed by atoms with E-state index < -0.39 is 17.5 Å². The van der Waals surface area contributed by atoms with Crippen LogP contribution in [0.4, 0.5) is 0 Å². The van der Waals surface area contributed by atoms with Crippen molar-refractivity contribution in [3.63, 3.8) is 0 Å². The van der Waals surface area contributed by atoms with Crippen LogP contribution in [0, 0.1) is 5.92 Å². The molecule has 2 bridgehead atoms. The maximum absolute atomic E-state index is 10.8. The summed E-state index contributed by atoms with van der Waals surface area (Å²) in [7, 11) is 0. The number of aliphatic hydroxyl groups is 1. The lowest BCUT2D eigenvalue weighted by molar-refractivity contribution is -0.159. The Hall–Kier alpha value is -1.63. The topological polar surface area (TPSA) is 98.1 Å². The van der Waals surface area contributed by atoms with Gasteiger partial charge < -0.3 is 20.2 Å². The lowest BCUT2D eigenvalue weighted by Gasteiger charge is -2.50. The molecule has 0 aromatic heterocycles. The van der Waals surface area contributed by atoms with Crippen molar-refractivity contribution in [2.45, 2.75) is 18.4 Å². The second-order valence-corrected chi connectivity index (χ2v) is 6.03. The van der Waals surface area contributed by atoms with E-state index in [2.05, 4.69) is 4.90 Å². The summed E-state index contributed by atoms with van der Waals surface area (Å²) in [5.41, 5.74) is 0.368. The zero-order valence-electron chi connectivity index (χ0n) is 11.9. The first kappa shape index (κ1) is 16.7. The Labute approximate surface area is 132 Å². The van der Waals surface area contributed by atoms with E-state index in [-0.39, 0.29) is 0 Å². The number of halogens is 1. The van der Waals surface area contributed by atoms with Crippen LogP contribution >= 0.6 is 11.6 Å². The Balaban J connectivity index is 0.000000254. The van der Waals surface area contributed by atoms with Crippen molar-refractivity contribution < 1.29 is 24.9 Å². The summed E-state index contributed by atoms with van der Waals surface area (Å²) in [5.74, 6) is -3.23. The minimum Gasteiger partial charge on any atom is -0.473 e. The van der Waals surface area contributed by atoms with Crippen LogP contribution in [0.3, 0.4) is 0 Å². The Morgan fingerprint density at radius 2 is 1.59 bits per heavy atom. The predicted octanol–water partition coefficient (Wildman–Crippen LogP) is 1.41. The van der Waals surface area contributed by atoms with E-state index in [1.807, 2.05) is 24.3 Å². The standard InChI is InChI=1S/C13H16ClNO.C2H2O4/c14-12-3-1-10(2-4-12)13(16)9-15-7-5-11(13)6-8-15;3-1(4)2(5)6/h1-4,11,16H,5-9H2;(H,3,4)(H,5,6). The Morgan fingerprint density at radius 1 is 1.09 bits per heavy atom. The fourth-order valence-electron chi connectivity index (χ4n) is 3.10. The number of piperidine rings is 3. The highest BCUT2D eigenvalue weighted by Gasteiger charge is 2.46. The molecule has 0 aliphatic carbocycles. The highest BCUT2D eigenvalue weighted by Crippen LogP contribution is 2.42.